The van der Waals surface area contributed by atoms with Gasteiger partial charge in [0.05, 0.1) is 6.04 Å². The highest BCUT2D eigenvalue weighted by atomic mass is 16.2. The van der Waals surface area contributed by atoms with Gasteiger partial charge in [-0.2, -0.15) is 0 Å². The topological polar surface area (TPSA) is 81.8 Å². The summed E-state index contributed by atoms with van der Waals surface area (Å²) >= 11 is 0. The smallest absolute Gasteiger partial charge is 0.246 e. The maximum Gasteiger partial charge on any atom is 0.246 e. The molecule has 1 aromatic rings. The predicted octanol–water partition coefficient (Wildman–Crippen LogP) is 3.13. The van der Waals surface area contributed by atoms with Crippen LogP contribution in [0.5, 0.6) is 0 Å². The summed E-state index contributed by atoms with van der Waals surface area (Å²) in [6.45, 7) is 4.01. The number of nitrogens with one attached hydrogen (secondary N) is 2. The first kappa shape index (κ1) is 26.6. The van der Waals surface area contributed by atoms with E-state index in [2.05, 4.69) is 22.8 Å². The van der Waals surface area contributed by atoms with Crippen LogP contribution < -0.4 is 10.6 Å². The number of rotatable bonds is 9. The zero-order valence-corrected chi connectivity index (χ0v) is 22.1. The molecule has 36 heavy (non-hydrogen) atoms. The molecular weight excluding hydrogens is 452 g/mol. The van der Waals surface area contributed by atoms with Crippen molar-refractivity contribution in [2.45, 2.75) is 89.3 Å². The molecule has 4 atom stereocenters. The number of fused-ring (bicyclic) bond motifs is 1. The maximum absolute atomic E-state index is 14.1. The van der Waals surface area contributed by atoms with Gasteiger partial charge in [0.2, 0.25) is 17.7 Å². The van der Waals surface area contributed by atoms with Crippen LogP contribution in [0.25, 0.3) is 0 Å². The molecule has 0 spiro atoms. The van der Waals surface area contributed by atoms with Gasteiger partial charge < -0.3 is 20.4 Å². The lowest BCUT2D eigenvalue weighted by Crippen LogP contribution is -2.59. The SMILES string of the molecule is CC[C@H](NC)C(=O)N[C@H](C(=O)N1CC[C@H]2CCCN(CCc3ccccc3)C(=O)[C@H]21)C1CCCCC1. The van der Waals surface area contributed by atoms with E-state index in [0.717, 1.165) is 57.9 Å². The average Bonchev–Trinajstić information content (AvgIpc) is 3.27. The van der Waals surface area contributed by atoms with E-state index in [0.29, 0.717) is 19.5 Å². The summed E-state index contributed by atoms with van der Waals surface area (Å²) in [5.41, 5.74) is 1.22. The highest BCUT2D eigenvalue weighted by Gasteiger charge is 2.47. The van der Waals surface area contributed by atoms with Gasteiger partial charge in [-0.3, -0.25) is 14.4 Å². The summed E-state index contributed by atoms with van der Waals surface area (Å²) in [6.07, 6.45) is 9.57. The summed E-state index contributed by atoms with van der Waals surface area (Å²) in [4.78, 5) is 44.8. The van der Waals surface area contributed by atoms with E-state index in [4.69, 9.17) is 0 Å². The van der Waals surface area contributed by atoms with Gasteiger partial charge in [0.1, 0.15) is 12.1 Å². The monoisotopic (exact) mass is 496 g/mol. The lowest BCUT2D eigenvalue weighted by Gasteiger charge is -2.36. The van der Waals surface area contributed by atoms with E-state index >= 15 is 0 Å². The molecule has 1 aromatic carbocycles. The van der Waals surface area contributed by atoms with Crippen molar-refractivity contribution >= 4 is 17.7 Å². The van der Waals surface area contributed by atoms with Crippen molar-refractivity contribution in [3.05, 3.63) is 35.9 Å². The van der Waals surface area contributed by atoms with Crippen LogP contribution in [-0.4, -0.2) is 72.3 Å². The number of nitrogens with zero attached hydrogens (tertiary/aromatic N) is 2. The Morgan fingerprint density at radius 1 is 1.00 bits per heavy atom. The van der Waals surface area contributed by atoms with Crippen LogP contribution in [0.4, 0.5) is 0 Å². The molecule has 198 valence electrons. The van der Waals surface area contributed by atoms with Crippen molar-refractivity contribution in [3.63, 3.8) is 0 Å². The Balaban J connectivity index is 1.51. The largest absolute Gasteiger partial charge is 0.343 e. The predicted molar refractivity (Wildman–Crippen MR) is 141 cm³/mol. The Bertz CT molecular complexity index is 882. The van der Waals surface area contributed by atoms with Crippen molar-refractivity contribution in [2.75, 3.05) is 26.7 Å². The normalized spacial score (nSPS) is 24.7. The molecule has 3 amide bonds. The minimum atomic E-state index is -0.548. The van der Waals surface area contributed by atoms with Crippen LogP contribution >= 0.6 is 0 Å². The number of likely N-dealkylation sites (N-methyl/N-ethyl adjacent to an activating group) is 1. The Kier molecular flexibility index (Phi) is 9.41. The van der Waals surface area contributed by atoms with Gasteiger partial charge in [-0.1, -0.05) is 56.5 Å². The molecule has 7 nitrogen and oxygen atoms in total. The third kappa shape index (κ3) is 6.10. The van der Waals surface area contributed by atoms with Crippen LogP contribution in [0.2, 0.25) is 0 Å². The van der Waals surface area contributed by atoms with Crippen molar-refractivity contribution in [2.24, 2.45) is 11.8 Å². The zero-order chi connectivity index (χ0) is 25.5. The molecule has 1 saturated carbocycles. The van der Waals surface area contributed by atoms with Gasteiger partial charge in [-0.05, 0) is 69.4 Å². The highest BCUT2D eigenvalue weighted by Crippen LogP contribution is 2.35. The fourth-order valence-electron chi connectivity index (χ4n) is 6.51. The molecule has 2 heterocycles. The number of amides is 3. The quantitative estimate of drug-likeness (QED) is 0.550. The van der Waals surface area contributed by atoms with Crippen molar-refractivity contribution in [1.82, 2.24) is 20.4 Å². The number of likely N-dealkylation sites (tertiary alicyclic amines) is 2. The lowest BCUT2D eigenvalue weighted by molar-refractivity contribution is -0.147. The first-order chi connectivity index (χ1) is 17.5. The van der Waals surface area contributed by atoms with Crippen LogP contribution in [0, 0.1) is 11.8 Å². The van der Waals surface area contributed by atoms with Gasteiger partial charge in [0.15, 0.2) is 0 Å². The van der Waals surface area contributed by atoms with E-state index in [9.17, 15) is 14.4 Å². The lowest BCUT2D eigenvalue weighted by atomic mass is 9.83. The second kappa shape index (κ2) is 12.7. The Hall–Kier alpha value is -2.41. The number of benzene rings is 1. The summed E-state index contributed by atoms with van der Waals surface area (Å²) in [5, 5.41) is 6.20. The second-order valence-corrected chi connectivity index (χ2v) is 10.9. The van der Waals surface area contributed by atoms with E-state index in [1.54, 1.807) is 7.05 Å². The molecule has 0 radical (unpaired) electrons. The summed E-state index contributed by atoms with van der Waals surface area (Å²) in [7, 11) is 1.78. The molecule has 2 aliphatic heterocycles. The molecule has 3 fully saturated rings. The fraction of sp³-hybridized carbons (Fsp3) is 0.690. The summed E-state index contributed by atoms with van der Waals surface area (Å²) in [5.74, 6) is 0.281. The van der Waals surface area contributed by atoms with Gasteiger partial charge in [0.25, 0.3) is 0 Å². The molecular formula is C29H44N4O3. The van der Waals surface area contributed by atoms with Crippen LogP contribution in [0.15, 0.2) is 30.3 Å². The van der Waals surface area contributed by atoms with Crippen LogP contribution in [0.3, 0.4) is 0 Å². The average molecular weight is 497 g/mol. The zero-order valence-electron chi connectivity index (χ0n) is 22.1. The first-order valence-corrected chi connectivity index (χ1v) is 14.1. The van der Waals surface area contributed by atoms with Crippen LogP contribution in [-0.2, 0) is 20.8 Å². The number of hydrogen-bond donors (Lipinski definition) is 2. The van der Waals surface area contributed by atoms with Gasteiger partial charge in [0, 0.05) is 19.6 Å². The molecule has 1 aliphatic carbocycles. The molecule has 0 unspecified atom stereocenters. The van der Waals surface area contributed by atoms with E-state index in [1.165, 1.54) is 12.0 Å². The van der Waals surface area contributed by atoms with Crippen LogP contribution in [0.1, 0.15) is 70.3 Å². The maximum atomic E-state index is 14.1. The standard InChI is InChI=1S/C29H44N4O3/c1-3-24(30-2)27(34)31-25(22-13-8-5-9-14-22)28(35)33-20-17-23-15-10-18-32(29(36)26(23)33)19-16-21-11-6-4-7-12-21/h4,6-7,11-12,22-26,30H,3,5,8-10,13-20H2,1-2H3,(H,31,34)/t23-,24+,25+,26+/m1/s1. The summed E-state index contributed by atoms with van der Waals surface area (Å²) < 4.78 is 0. The van der Waals surface area contributed by atoms with Crippen molar-refractivity contribution in [1.29, 1.82) is 0 Å². The second-order valence-electron chi connectivity index (χ2n) is 10.9. The van der Waals surface area contributed by atoms with Gasteiger partial charge >= 0.3 is 0 Å². The number of carbonyl (C=O) groups is 3. The minimum absolute atomic E-state index is 0.0491. The third-order valence-corrected chi connectivity index (χ3v) is 8.65. The molecule has 3 aliphatic rings. The highest BCUT2D eigenvalue weighted by molar-refractivity contribution is 5.94. The molecule has 2 saturated heterocycles. The summed E-state index contributed by atoms with van der Waals surface area (Å²) in [6, 6.07) is 9.01. The molecule has 0 aromatic heterocycles. The van der Waals surface area contributed by atoms with Gasteiger partial charge in [-0.25, -0.2) is 0 Å². The Morgan fingerprint density at radius 2 is 1.75 bits per heavy atom. The van der Waals surface area contributed by atoms with E-state index < -0.39 is 12.1 Å². The Morgan fingerprint density at radius 3 is 2.44 bits per heavy atom. The molecule has 0 bridgehead atoms. The molecule has 7 heteroatoms. The molecule has 2 N–H and O–H groups in total. The fourth-order valence-corrected chi connectivity index (χ4v) is 6.51. The molecule has 4 rings (SSSR count). The van der Waals surface area contributed by atoms with Gasteiger partial charge in [-0.15, -0.1) is 0 Å². The number of carbonyl (C=O) groups excluding carboxylic acids is 3. The van der Waals surface area contributed by atoms with E-state index in [1.807, 2.05) is 34.9 Å². The first-order valence-electron chi connectivity index (χ1n) is 14.1. The number of hydrogen-bond acceptors (Lipinski definition) is 4. The third-order valence-electron chi connectivity index (χ3n) is 8.65. The van der Waals surface area contributed by atoms with Crippen molar-refractivity contribution < 1.29 is 14.4 Å². The minimum Gasteiger partial charge on any atom is -0.343 e. The van der Waals surface area contributed by atoms with E-state index in [-0.39, 0.29) is 35.6 Å². The Labute approximate surface area is 216 Å². The van der Waals surface area contributed by atoms with Crippen molar-refractivity contribution in [3.8, 4) is 0 Å².